The smallest absolute Gasteiger partial charge is 0.257 e. The zero-order valence-electron chi connectivity index (χ0n) is 18.0. The normalized spacial score (nSPS) is 20.0. The van der Waals surface area contributed by atoms with Gasteiger partial charge in [-0.2, -0.15) is 0 Å². The Bertz CT molecular complexity index is 1430. The van der Waals surface area contributed by atoms with Gasteiger partial charge in [0.05, 0.1) is 16.3 Å². The number of nitrogens with one attached hydrogen (secondary N) is 1. The standard InChI is InChI=1S/C25H15Cl5F2N2O2/c1-2-11-7-16(31)10-19(32)20(11)34-22(35)17-8-13(3-4-18(17)28)24(23(33)36)21(25(24,29)30)12-5-14(26)9-15(27)6-12/h2-10,21H,1H2,(H2,33,36)(H,34,35). The van der Waals surface area contributed by atoms with Crippen LogP contribution in [0.2, 0.25) is 15.1 Å². The molecule has 0 heterocycles. The molecule has 0 radical (unpaired) electrons. The van der Waals surface area contributed by atoms with Gasteiger partial charge in [0, 0.05) is 27.6 Å². The highest BCUT2D eigenvalue weighted by atomic mass is 35.5. The van der Waals surface area contributed by atoms with Gasteiger partial charge in [-0.15, -0.1) is 0 Å². The summed E-state index contributed by atoms with van der Waals surface area (Å²) in [5.41, 5.74) is 4.37. The van der Waals surface area contributed by atoms with Crippen molar-refractivity contribution in [3.63, 3.8) is 0 Å². The fourth-order valence-corrected chi connectivity index (χ4v) is 6.26. The summed E-state index contributed by atoms with van der Waals surface area (Å²) in [6, 6.07) is 10.3. The van der Waals surface area contributed by atoms with Crippen molar-refractivity contribution in [2.45, 2.75) is 15.7 Å². The van der Waals surface area contributed by atoms with E-state index < -0.39 is 39.1 Å². The van der Waals surface area contributed by atoms with Crippen LogP contribution in [0.4, 0.5) is 14.5 Å². The lowest BCUT2D eigenvalue weighted by atomic mass is 9.88. The Hall–Kier alpha value is -2.35. The number of rotatable bonds is 6. The van der Waals surface area contributed by atoms with Gasteiger partial charge in [-0.1, -0.05) is 76.7 Å². The van der Waals surface area contributed by atoms with Crippen LogP contribution < -0.4 is 11.1 Å². The van der Waals surface area contributed by atoms with E-state index in [0.29, 0.717) is 21.7 Å². The summed E-state index contributed by atoms with van der Waals surface area (Å²) in [6.07, 6.45) is 1.18. The predicted octanol–water partition coefficient (Wildman–Crippen LogP) is 7.51. The zero-order chi connectivity index (χ0) is 26.6. The summed E-state index contributed by atoms with van der Waals surface area (Å²) in [5.74, 6) is -4.42. The molecule has 0 bridgehead atoms. The van der Waals surface area contributed by atoms with Gasteiger partial charge in [0.1, 0.15) is 21.4 Å². The lowest BCUT2D eigenvalue weighted by molar-refractivity contribution is -0.120. The number of anilines is 1. The molecule has 1 fully saturated rings. The molecule has 4 nitrogen and oxygen atoms in total. The molecule has 1 saturated carbocycles. The molecule has 2 unspecified atom stereocenters. The molecule has 1 aliphatic rings. The Labute approximate surface area is 229 Å². The minimum atomic E-state index is -1.71. The second-order valence-corrected chi connectivity index (χ2v) is 10.8. The second kappa shape index (κ2) is 9.51. The molecular weight excluding hydrogens is 576 g/mol. The third-order valence-corrected chi connectivity index (χ3v) is 7.85. The maximum Gasteiger partial charge on any atom is 0.257 e. The number of hydrogen-bond donors (Lipinski definition) is 2. The van der Waals surface area contributed by atoms with E-state index in [-0.39, 0.29) is 27.4 Å². The molecular formula is C25H15Cl5F2N2O2. The number of primary amides is 1. The third-order valence-electron chi connectivity index (χ3n) is 6.06. The fraction of sp³-hybridized carbons (Fsp3) is 0.120. The van der Waals surface area contributed by atoms with Gasteiger partial charge < -0.3 is 11.1 Å². The largest absolute Gasteiger partial charge is 0.369 e. The molecule has 1 aliphatic carbocycles. The Morgan fingerprint density at radius 1 is 1.00 bits per heavy atom. The zero-order valence-corrected chi connectivity index (χ0v) is 21.8. The van der Waals surface area contributed by atoms with E-state index in [4.69, 9.17) is 63.7 Å². The highest BCUT2D eigenvalue weighted by molar-refractivity contribution is 6.55. The van der Waals surface area contributed by atoms with Crippen molar-refractivity contribution >= 4 is 81.6 Å². The Kier molecular flexibility index (Phi) is 7.05. The van der Waals surface area contributed by atoms with E-state index >= 15 is 0 Å². The van der Waals surface area contributed by atoms with Crippen LogP contribution in [0.1, 0.15) is 33.0 Å². The Morgan fingerprint density at radius 3 is 2.22 bits per heavy atom. The van der Waals surface area contributed by atoms with Crippen LogP contribution in [-0.4, -0.2) is 16.1 Å². The Balaban J connectivity index is 1.80. The molecule has 11 heteroatoms. The summed E-state index contributed by atoms with van der Waals surface area (Å²) >= 11 is 31.8. The number of hydrogen-bond acceptors (Lipinski definition) is 2. The second-order valence-electron chi connectivity index (χ2n) is 8.14. The molecule has 4 rings (SSSR count). The van der Waals surface area contributed by atoms with Crippen molar-refractivity contribution in [2.24, 2.45) is 5.73 Å². The molecule has 3 aromatic rings. The minimum absolute atomic E-state index is 0.0161. The maximum absolute atomic E-state index is 14.4. The maximum atomic E-state index is 14.4. The van der Waals surface area contributed by atoms with Crippen molar-refractivity contribution in [3.8, 4) is 0 Å². The summed E-state index contributed by atoms with van der Waals surface area (Å²) in [6.45, 7) is 3.50. The van der Waals surface area contributed by atoms with Gasteiger partial charge >= 0.3 is 0 Å². The van der Waals surface area contributed by atoms with E-state index in [1.54, 1.807) is 12.1 Å². The first-order valence-corrected chi connectivity index (χ1v) is 12.1. The number of halogens is 7. The number of benzene rings is 3. The van der Waals surface area contributed by atoms with Gasteiger partial charge in [0.15, 0.2) is 0 Å². The van der Waals surface area contributed by atoms with E-state index in [1.807, 2.05) is 0 Å². The summed E-state index contributed by atoms with van der Waals surface area (Å²) in [5, 5.41) is 2.94. The average Bonchev–Trinajstić information content (AvgIpc) is 3.32. The SMILES string of the molecule is C=Cc1cc(F)cc(F)c1NC(=O)c1cc(C2(C(N)=O)C(c3cc(Cl)cc(Cl)c3)C2(Cl)Cl)ccc1Cl. The van der Waals surface area contributed by atoms with Crippen molar-refractivity contribution < 1.29 is 18.4 Å². The van der Waals surface area contributed by atoms with E-state index in [0.717, 1.165) is 6.07 Å². The van der Waals surface area contributed by atoms with E-state index in [1.165, 1.54) is 30.3 Å². The van der Waals surface area contributed by atoms with Gasteiger partial charge in [-0.25, -0.2) is 8.78 Å². The van der Waals surface area contributed by atoms with Crippen molar-refractivity contribution in [3.05, 3.63) is 104 Å². The monoisotopic (exact) mass is 588 g/mol. The first-order chi connectivity index (χ1) is 16.8. The molecule has 36 heavy (non-hydrogen) atoms. The first kappa shape index (κ1) is 26.7. The van der Waals surface area contributed by atoms with Gasteiger partial charge in [-0.05, 0) is 47.5 Å². The van der Waals surface area contributed by atoms with Crippen LogP contribution in [0.25, 0.3) is 6.08 Å². The summed E-state index contributed by atoms with van der Waals surface area (Å²) in [7, 11) is 0. The van der Waals surface area contributed by atoms with Crippen molar-refractivity contribution in [2.75, 3.05) is 5.32 Å². The molecule has 0 aromatic heterocycles. The molecule has 2 amide bonds. The van der Waals surface area contributed by atoms with Crippen LogP contribution in [0.15, 0.2) is 55.1 Å². The number of carbonyl (C=O) groups excluding carboxylic acids is 2. The van der Waals surface area contributed by atoms with Crippen molar-refractivity contribution in [1.82, 2.24) is 0 Å². The quantitative estimate of drug-likeness (QED) is 0.292. The van der Waals surface area contributed by atoms with Crippen LogP contribution in [0.5, 0.6) is 0 Å². The predicted molar refractivity (Wildman–Crippen MR) is 140 cm³/mol. The summed E-state index contributed by atoms with van der Waals surface area (Å²) in [4.78, 5) is 25.9. The number of amides is 2. The first-order valence-electron chi connectivity index (χ1n) is 10.2. The van der Waals surface area contributed by atoms with Crippen LogP contribution in [0, 0.1) is 11.6 Å². The molecule has 0 aliphatic heterocycles. The molecule has 3 aromatic carbocycles. The third kappa shape index (κ3) is 4.25. The number of carbonyl (C=O) groups is 2. The summed E-state index contributed by atoms with van der Waals surface area (Å²) < 4.78 is 26.3. The lowest BCUT2D eigenvalue weighted by Crippen LogP contribution is -2.34. The van der Waals surface area contributed by atoms with Crippen molar-refractivity contribution in [1.29, 1.82) is 0 Å². The average molecular weight is 591 g/mol. The highest BCUT2D eigenvalue weighted by Crippen LogP contribution is 2.74. The number of nitrogens with two attached hydrogens (primary N) is 1. The Morgan fingerprint density at radius 2 is 1.64 bits per heavy atom. The van der Waals surface area contributed by atoms with Gasteiger partial charge in [-0.3, -0.25) is 9.59 Å². The lowest BCUT2D eigenvalue weighted by Gasteiger charge is -2.18. The highest BCUT2D eigenvalue weighted by Gasteiger charge is 2.80. The number of alkyl halides is 2. The van der Waals surface area contributed by atoms with E-state index in [9.17, 15) is 18.4 Å². The fourth-order valence-electron chi connectivity index (χ4n) is 4.43. The van der Waals surface area contributed by atoms with E-state index in [2.05, 4.69) is 11.9 Å². The topological polar surface area (TPSA) is 72.2 Å². The van der Waals surface area contributed by atoms with Gasteiger partial charge in [0.25, 0.3) is 5.91 Å². The molecule has 3 N–H and O–H groups in total. The minimum Gasteiger partial charge on any atom is -0.369 e. The molecule has 0 spiro atoms. The van der Waals surface area contributed by atoms with Crippen LogP contribution >= 0.6 is 58.0 Å². The van der Waals surface area contributed by atoms with Crippen LogP contribution in [-0.2, 0) is 10.2 Å². The molecule has 2 atom stereocenters. The molecule has 0 saturated heterocycles. The molecule has 186 valence electrons. The van der Waals surface area contributed by atoms with Gasteiger partial charge in [0.2, 0.25) is 5.91 Å². The van der Waals surface area contributed by atoms with Crippen LogP contribution in [0.3, 0.4) is 0 Å².